The van der Waals surface area contributed by atoms with Gasteiger partial charge in [-0.05, 0) is 35.6 Å². The van der Waals surface area contributed by atoms with Crippen molar-refractivity contribution in [3.8, 4) is 0 Å². The van der Waals surface area contributed by atoms with Gasteiger partial charge in [0.25, 0.3) is 17.5 Å². The molecule has 2 amide bonds. The molecule has 10 heteroatoms. The van der Waals surface area contributed by atoms with Crippen LogP contribution in [0.25, 0.3) is 0 Å². The number of thiophene rings is 1. The van der Waals surface area contributed by atoms with Crippen LogP contribution < -0.4 is 10.6 Å². The molecule has 9 nitrogen and oxygen atoms in total. The van der Waals surface area contributed by atoms with Crippen molar-refractivity contribution in [2.45, 2.75) is 19.4 Å². The van der Waals surface area contributed by atoms with Crippen molar-refractivity contribution < 1.29 is 24.0 Å². The summed E-state index contributed by atoms with van der Waals surface area (Å²) >= 11 is 1.23. The predicted molar refractivity (Wildman–Crippen MR) is 123 cm³/mol. The first-order valence-electron chi connectivity index (χ1n) is 9.93. The van der Waals surface area contributed by atoms with Crippen molar-refractivity contribution in [2.75, 3.05) is 11.9 Å². The van der Waals surface area contributed by atoms with E-state index in [1.54, 1.807) is 54.8 Å². The number of aryl methyl sites for hydroxylation is 1. The Morgan fingerprint density at radius 2 is 1.85 bits per heavy atom. The molecule has 3 rings (SSSR count). The number of rotatable bonds is 9. The number of hydrogen-bond acceptors (Lipinski definition) is 7. The number of ether oxygens (including phenoxy) is 1. The summed E-state index contributed by atoms with van der Waals surface area (Å²) < 4.78 is 5.12. The van der Waals surface area contributed by atoms with E-state index in [0.29, 0.717) is 10.4 Å². The Morgan fingerprint density at radius 1 is 1.09 bits per heavy atom. The number of nitrogens with one attached hydrogen (secondary N) is 2. The Balaban J connectivity index is 1.65. The van der Waals surface area contributed by atoms with Crippen molar-refractivity contribution in [2.24, 2.45) is 0 Å². The van der Waals surface area contributed by atoms with E-state index >= 15 is 0 Å². The van der Waals surface area contributed by atoms with Gasteiger partial charge >= 0.3 is 5.97 Å². The Hall–Kier alpha value is -4.05. The van der Waals surface area contributed by atoms with Gasteiger partial charge in [0.1, 0.15) is 11.7 Å². The summed E-state index contributed by atoms with van der Waals surface area (Å²) in [7, 11) is 0. The predicted octanol–water partition coefficient (Wildman–Crippen LogP) is 3.49. The molecule has 3 aromatic rings. The van der Waals surface area contributed by atoms with Gasteiger partial charge in [-0.15, -0.1) is 11.3 Å². The minimum absolute atomic E-state index is 0.00140. The lowest BCUT2D eigenvalue weighted by atomic mass is 10.1. The molecule has 0 bridgehead atoms. The largest absolute Gasteiger partial charge is 0.454 e. The summed E-state index contributed by atoms with van der Waals surface area (Å²) in [5.41, 5.74) is 1.19. The number of nitro groups is 1. The summed E-state index contributed by atoms with van der Waals surface area (Å²) in [5, 5.41) is 18.0. The Morgan fingerprint density at radius 3 is 2.52 bits per heavy atom. The molecule has 0 aliphatic heterocycles. The molecule has 0 aliphatic carbocycles. The molecule has 2 aromatic carbocycles. The molecule has 1 aromatic heterocycles. The van der Waals surface area contributed by atoms with Gasteiger partial charge in [-0.2, -0.15) is 0 Å². The molecule has 0 fully saturated rings. The van der Waals surface area contributed by atoms with Crippen LogP contribution >= 0.6 is 11.3 Å². The van der Waals surface area contributed by atoms with Gasteiger partial charge in [0.15, 0.2) is 6.61 Å². The second-order valence-corrected chi connectivity index (χ2v) is 8.07. The third kappa shape index (κ3) is 6.71. The van der Waals surface area contributed by atoms with E-state index in [1.807, 2.05) is 6.07 Å². The first kappa shape index (κ1) is 23.6. The number of carbonyl (C=O) groups is 3. The lowest BCUT2D eigenvalue weighted by molar-refractivity contribution is -0.384. The summed E-state index contributed by atoms with van der Waals surface area (Å²) in [5.74, 6) is -1.96. The Labute approximate surface area is 193 Å². The van der Waals surface area contributed by atoms with E-state index in [1.165, 1.54) is 23.5 Å². The quantitative estimate of drug-likeness (QED) is 0.282. The van der Waals surface area contributed by atoms with E-state index < -0.39 is 35.4 Å². The van der Waals surface area contributed by atoms with Crippen LogP contribution in [0.3, 0.4) is 0 Å². The van der Waals surface area contributed by atoms with Crippen molar-refractivity contribution in [3.63, 3.8) is 0 Å². The monoisotopic (exact) mass is 467 g/mol. The highest BCUT2D eigenvalue weighted by Gasteiger charge is 2.25. The average Bonchev–Trinajstić information content (AvgIpc) is 3.34. The van der Waals surface area contributed by atoms with E-state index in [0.717, 1.165) is 5.56 Å². The second-order valence-electron chi connectivity index (χ2n) is 7.13. The molecule has 1 atom stereocenters. The number of hydrogen-bond donors (Lipinski definition) is 2. The molecule has 2 N–H and O–H groups in total. The topological polar surface area (TPSA) is 128 Å². The van der Waals surface area contributed by atoms with Crippen molar-refractivity contribution >= 4 is 40.5 Å². The number of carbonyl (C=O) groups excluding carboxylic acids is 3. The molecule has 0 spiro atoms. The summed E-state index contributed by atoms with van der Waals surface area (Å²) in [6, 6.07) is 15.7. The third-order valence-corrected chi connectivity index (χ3v) is 5.46. The number of nitro benzene ring substituents is 1. The van der Waals surface area contributed by atoms with Crippen LogP contribution in [0.4, 0.5) is 11.4 Å². The molecule has 0 saturated heterocycles. The summed E-state index contributed by atoms with van der Waals surface area (Å²) in [6.45, 7) is 1.03. The molecular weight excluding hydrogens is 446 g/mol. The van der Waals surface area contributed by atoms with Gasteiger partial charge in [-0.25, -0.2) is 4.79 Å². The molecular formula is C23H21N3O6S. The third-order valence-electron chi connectivity index (χ3n) is 4.59. The van der Waals surface area contributed by atoms with E-state index in [4.69, 9.17) is 4.74 Å². The Bertz CT molecular complexity index is 1150. The highest BCUT2D eigenvalue weighted by molar-refractivity contribution is 7.12. The van der Waals surface area contributed by atoms with Crippen LogP contribution in [0.5, 0.6) is 0 Å². The standard InChI is InChI=1S/C23H21N3O6S/c1-15-9-10-17(19(12-15)26(30)31)24-21(27)14-32-23(29)18(13-16-6-3-2-4-7-16)25-22(28)20-8-5-11-33-20/h2-12,18H,13-14H2,1H3,(H,24,27)(H,25,28)/t18-/m1/s1. The van der Waals surface area contributed by atoms with Gasteiger partial charge < -0.3 is 15.4 Å². The SMILES string of the molecule is Cc1ccc(NC(=O)COC(=O)[C@@H](Cc2ccccc2)NC(=O)c2cccs2)c([N+](=O)[O-])c1. The first-order chi connectivity index (χ1) is 15.8. The van der Waals surface area contributed by atoms with Gasteiger partial charge in [-0.1, -0.05) is 42.5 Å². The number of anilines is 1. The minimum atomic E-state index is -1.02. The molecule has 0 aliphatic rings. The highest BCUT2D eigenvalue weighted by Crippen LogP contribution is 2.25. The van der Waals surface area contributed by atoms with E-state index in [2.05, 4.69) is 10.6 Å². The fraction of sp³-hybridized carbons (Fsp3) is 0.174. The molecule has 1 heterocycles. The number of esters is 1. The zero-order valence-corrected chi connectivity index (χ0v) is 18.5. The lowest BCUT2D eigenvalue weighted by Gasteiger charge is -2.17. The molecule has 33 heavy (non-hydrogen) atoms. The zero-order chi connectivity index (χ0) is 23.8. The van der Waals surface area contributed by atoms with Crippen molar-refractivity contribution in [3.05, 3.63) is 92.2 Å². The number of benzene rings is 2. The van der Waals surface area contributed by atoms with Crippen LogP contribution in [0, 0.1) is 17.0 Å². The zero-order valence-electron chi connectivity index (χ0n) is 17.6. The lowest BCUT2D eigenvalue weighted by Crippen LogP contribution is -2.43. The van der Waals surface area contributed by atoms with Crippen LogP contribution in [-0.2, 0) is 20.7 Å². The maximum Gasteiger partial charge on any atom is 0.329 e. The summed E-state index contributed by atoms with van der Waals surface area (Å²) in [6.07, 6.45) is 0.168. The smallest absolute Gasteiger partial charge is 0.329 e. The minimum Gasteiger partial charge on any atom is -0.454 e. The van der Waals surface area contributed by atoms with Gasteiger partial charge in [0.05, 0.1) is 9.80 Å². The van der Waals surface area contributed by atoms with Gasteiger partial charge in [0, 0.05) is 12.5 Å². The Kier molecular flexibility index (Phi) is 7.87. The fourth-order valence-electron chi connectivity index (χ4n) is 3.00. The fourth-order valence-corrected chi connectivity index (χ4v) is 3.63. The average molecular weight is 468 g/mol. The number of amides is 2. The molecule has 0 radical (unpaired) electrons. The maximum atomic E-state index is 12.7. The number of nitrogens with zero attached hydrogens (tertiary/aromatic N) is 1. The van der Waals surface area contributed by atoms with E-state index in [-0.39, 0.29) is 17.8 Å². The van der Waals surface area contributed by atoms with Crippen LogP contribution in [0.15, 0.2) is 66.0 Å². The van der Waals surface area contributed by atoms with Gasteiger partial charge in [0.2, 0.25) is 0 Å². The highest BCUT2D eigenvalue weighted by atomic mass is 32.1. The second kappa shape index (κ2) is 11.0. The molecule has 170 valence electrons. The first-order valence-corrected chi connectivity index (χ1v) is 10.8. The van der Waals surface area contributed by atoms with Crippen LogP contribution in [-0.4, -0.2) is 35.4 Å². The normalized spacial score (nSPS) is 11.3. The van der Waals surface area contributed by atoms with Crippen molar-refractivity contribution in [1.82, 2.24) is 5.32 Å². The van der Waals surface area contributed by atoms with E-state index in [9.17, 15) is 24.5 Å². The molecule has 0 unspecified atom stereocenters. The van der Waals surface area contributed by atoms with Crippen molar-refractivity contribution in [1.29, 1.82) is 0 Å². The van der Waals surface area contributed by atoms with Crippen LogP contribution in [0.2, 0.25) is 0 Å². The maximum absolute atomic E-state index is 12.7. The molecule has 0 saturated carbocycles. The van der Waals surface area contributed by atoms with Gasteiger partial charge in [-0.3, -0.25) is 19.7 Å². The summed E-state index contributed by atoms with van der Waals surface area (Å²) in [4.78, 5) is 48.5. The van der Waals surface area contributed by atoms with Crippen LogP contribution in [0.1, 0.15) is 20.8 Å².